The first kappa shape index (κ1) is 15.0. The number of nitrogens with zero attached hydrogens (tertiary/aromatic N) is 2. The van der Waals surface area contributed by atoms with Crippen molar-refractivity contribution in [3.05, 3.63) is 45.5 Å². The molecule has 0 fully saturated rings. The number of anilines is 2. The molecule has 1 N–H and O–H groups in total. The molecule has 1 aromatic carbocycles. The van der Waals surface area contributed by atoms with E-state index in [4.69, 9.17) is 11.6 Å². The Labute approximate surface area is 124 Å². The van der Waals surface area contributed by atoms with Gasteiger partial charge in [-0.1, -0.05) is 0 Å². The van der Waals surface area contributed by atoms with E-state index >= 15 is 0 Å². The highest BCUT2D eigenvalue weighted by atomic mass is 79.9. The monoisotopic (exact) mass is 369 g/mol. The van der Waals surface area contributed by atoms with Crippen LogP contribution in [0.3, 0.4) is 0 Å². The van der Waals surface area contributed by atoms with Crippen molar-refractivity contribution in [3.8, 4) is 0 Å². The standard InChI is InChI=1S/C11H5BrClF4N3/c12-6-2-1-5(14)3-7(6)18-9-4-8(11(15,16)17)19-10(13)20-9/h1-4H,(H,18,19,20). The Bertz CT molecular complexity index is 648. The molecule has 0 atom stereocenters. The first-order valence-electron chi connectivity index (χ1n) is 5.09. The van der Waals surface area contributed by atoms with E-state index in [-0.39, 0.29) is 11.5 Å². The van der Waals surface area contributed by atoms with E-state index in [0.29, 0.717) is 10.5 Å². The van der Waals surface area contributed by atoms with Gasteiger partial charge >= 0.3 is 6.18 Å². The van der Waals surface area contributed by atoms with Gasteiger partial charge in [-0.25, -0.2) is 14.4 Å². The lowest BCUT2D eigenvalue weighted by Gasteiger charge is -2.11. The molecule has 3 nitrogen and oxygen atoms in total. The van der Waals surface area contributed by atoms with Crippen LogP contribution in [0.5, 0.6) is 0 Å². The third-order valence-corrected chi connectivity index (χ3v) is 3.04. The maximum atomic E-state index is 13.1. The number of halogens is 6. The van der Waals surface area contributed by atoms with Crippen LogP contribution in [-0.2, 0) is 6.18 Å². The molecule has 2 aromatic rings. The van der Waals surface area contributed by atoms with Crippen LogP contribution in [0.25, 0.3) is 0 Å². The van der Waals surface area contributed by atoms with Crippen LogP contribution < -0.4 is 5.32 Å². The van der Waals surface area contributed by atoms with Crippen molar-refractivity contribution in [1.29, 1.82) is 0 Å². The molecule has 0 saturated heterocycles. The highest BCUT2D eigenvalue weighted by Crippen LogP contribution is 2.31. The fourth-order valence-electron chi connectivity index (χ4n) is 1.36. The van der Waals surface area contributed by atoms with Crippen molar-refractivity contribution in [3.63, 3.8) is 0 Å². The van der Waals surface area contributed by atoms with Gasteiger partial charge in [0.15, 0.2) is 5.69 Å². The predicted molar refractivity (Wildman–Crippen MR) is 69.4 cm³/mol. The third kappa shape index (κ3) is 3.57. The zero-order valence-electron chi connectivity index (χ0n) is 9.47. The number of aromatic nitrogens is 2. The summed E-state index contributed by atoms with van der Waals surface area (Å²) >= 11 is 8.58. The fourth-order valence-corrected chi connectivity index (χ4v) is 1.89. The molecule has 0 unspecified atom stereocenters. The van der Waals surface area contributed by atoms with Gasteiger partial charge in [0, 0.05) is 10.5 Å². The average Bonchev–Trinajstić information content (AvgIpc) is 2.32. The van der Waals surface area contributed by atoms with Crippen molar-refractivity contribution in [2.75, 3.05) is 5.32 Å². The van der Waals surface area contributed by atoms with Crippen LogP contribution in [0.2, 0.25) is 5.28 Å². The summed E-state index contributed by atoms with van der Waals surface area (Å²) in [5.41, 5.74) is -0.972. The summed E-state index contributed by atoms with van der Waals surface area (Å²) in [6, 6.07) is 4.39. The van der Waals surface area contributed by atoms with Crippen molar-refractivity contribution in [1.82, 2.24) is 9.97 Å². The molecule has 0 aliphatic heterocycles. The van der Waals surface area contributed by atoms with Gasteiger partial charge in [0.1, 0.15) is 11.6 Å². The van der Waals surface area contributed by atoms with E-state index in [1.54, 1.807) is 0 Å². The van der Waals surface area contributed by atoms with Crippen LogP contribution in [0.15, 0.2) is 28.7 Å². The predicted octanol–water partition coefficient (Wildman–Crippen LogP) is 4.79. The number of benzene rings is 1. The number of hydrogen-bond acceptors (Lipinski definition) is 3. The van der Waals surface area contributed by atoms with Gasteiger partial charge in [0.05, 0.1) is 5.69 Å². The summed E-state index contributed by atoms with van der Waals surface area (Å²) in [5.74, 6) is -0.740. The van der Waals surface area contributed by atoms with Crippen LogP contribution in [0.4, 0.5) is 29.1 Å². The highest BCUT2D eigenvalue weighted by Gasteiger charge is 2.33. The maximum Gasteiger partial charge on any atom is 0.433 e. The van der Waals surface area contributed by atoms with Crippen molar-refractivity contribution >= 4 is 39.0 Å². The minimum atomic E-state index is -4.65. The van der Waals surface area contributed by atoms with Gasteiger partial charge in [-0.2, -0.15) is 13.2 Å². The number of nitrogens with one attached hydrogen (secondary N) is 1. The maximum absolute atomic E-state index is 13.1. The topological polar surface area (TPSA) is 37.8 Å². The van der Waals surface area contributed by atoms with Gasteiger partial charge in [0.2, 0.25) is 5.28 Å². The van der Waals surface area contributed by atoms with Crippen LogP contribution in [-0.4, -0.2) is 9.97 Å². The minimum absolute atomic E-state index is 0.191. The summed E-state index contributed by atoms with van der Waals surface area (Å²) < 4.78 is 51.3. The molecule has 1 aromatic heterocycles. The van der Waals surface area contributed by atoms with Gasteiger partial charge < -0.3 is 5.32 Å². The van der Waals surface area contributed by atoms with Gasteiger partial charge in [-0.05, 0) is 45.7 Å². The van der Waals surface area contributed by atoms with Crippen LogP contribution >= 0.6 is 27.5 Å². The molecule has 20 heavy (non-hydrogen) atoms. The van der Waals surface area contributed by atoms with E-state index in [9.17, 15) is 17.6 Å². The first-order valence-corrected chi connectivity index (χ1v) is 6.26. The molecule has 0 radical (unpaired) electrons. The summed E-state index contributed by atoms with van der Waals surface area (Å²) in [6.45, 7) is 0. The third-order valence-electron chi connectivity index (χ3n) is 2.18. The van der Waals surface area contributed by atoms with Gasteiger partial charge in [-0.3, -0.25) is 0 Å². The Morgan fingerprint density at radius 3 is 2.50 bits per heavy atom. The van der Waals surface area contributed by atoms with E-state index in [0.717, 1.165) is 6.07 Å². The van der Waals surface area contributed by atoms with Crippen LogP contribution in [0, 0.1) is 5.82 Å². The number of alkyl halides is 3. The number of rotatable bonds is 2. The normalized spacial score (nSPS) is 11.5. The summed E-state index contributed by atoms with van der Waals surface area (Å²) in [5, 5.41) is 1.98. The summed E-state index contributed by atoms with van der Waals surface area (Å²) in [4.78, 5) is 6.70. The molecule has 0 aliphatic carbocycles. The zero-order chi connectivity index (χ0) is 14.9. The van der Waals surface area contributed by atoms with E-state index in [2.05, 4.69) is 31.2 Å². The highest BCUT2D eigenvalue weighted by molar-refractivity contribution is 9.10. The van der Waals surface area contributed by atoms with Gasteiger partial charge in [-0.15, -0.1) is 0 Å². The molecular formula is C11H5BrClF4N3. The lowest BCUT2D eigenvalue weighted by molar-refractivity contribution is -0.141. The molecule has 106 valence electrons. The molecular weight excluding hydrogens is 365 g/mol. The fraction of sp³-hybridized carbons (Fsp3) is 0.0909. The molecule has 0 amide bonds. The molecule has 0 aliphatic rings. The zero-order valence-corrected chi connectivity index (χ0v) is 11.8. The Balaban J connectivity index is 2.39. The largest absolute Gasteiger partial charge is 0.433 e. The van der Waals surface area contributed by atoms with E-state index < -0.39 is 23.0 Å². The molecule has 0 saturated carbocycles. The van der Waals surface area contributed by atoms with Crippen molar-refractivity contribution < 1.29 is 17.6 Å². The summed E-state index contributed by atoms with van der Waals surface area (Å²) in [7, 11) is 0. The Morgan fingerprint density at radius 2 is 1.85 bits per heavy atom. The Kier molecular flexibility index (Phi) is 4.14. The molecule has 2 rings (SSSR count). The number of hydrogen-bond donors (Lipinski definition) is 1. The van der Waals surface area contributed by atoms with Gasteiger partial charge in [0.25, 0.3) is 0 Å². The Hall–Kier alpha value is -1.41. The second-order valence-electron chi connectivity index (χ2n) is 3.65. The second-order valence-corrected chi connectivity index (χ2v) is 4.85. The average molecular weight is 371 g/mol. The lowest BCUT2D eigenvalue weighted by Crippen LogP contribution is -2.10. The second kappa shape index (κ2) is 5.53. The first-order chi connectivity index (χ1) is 9.25. The SMILES string of the molecule is Fc1ccc(Br)c(Nc2cc(C(F)(F)F)nc(Cl)n2)c1. The summed E-state index contributed by atoms with van der Waals surface area (Å²) in [6.07, 6.45) is -4.65. The van der Waals surface area contributed by atoms with Crippen molar-refractivity contribution in [2.24, 2.45) is 0 Å². The van der Waals surface area contributed by atoms with Crippen LogP contribution in [0.1, 0.15) is 5.69 Å². The molecule has 9 heteroatoms. The smallest absolute Gasteiger partial charge is 0.339 e. The van der Waals surface area contributed by atoms with E-state index in [1.807, 2.05) is 0 Å². The van der Waals surface area contributed by atoms with E-state index in [1.165, 1.54) is 12.1 Å². The molecule has 1 heterocycles. The van der Waals surface area contributed by atoms with Crippen molar-refractivity contribution in [2.45, 2.75) is 6.18 Å². The molecule has 0 spiro atoms. The Morgan fingerprint density at radius 1 is 1.15 bits per heavy atom. The lowest BCUT2D eigenvalue weighted by atomic mass is 10.3. The quantitative estimate of drug-likeness (QED) is 0.610. The minimum Gasteiger partial charge on any atom is -0.339 e. The molecule has 0 bridgehead atoms.